The summed E-state index contributed by atoms with van der Waals surface area (Å²) >= 11 is 0. The molecule has 2 bridgehead atoms. The highest BCUT2D eigenvalue weighted by Gasteiger charge is 2.47. The second-order valence-corrected chi connectivity index (χ2v) is 9.38. The smallest absolute Gasteiger partial charge is 0.251 e. The zero-order valence-corrected chi connectivity index (χ0v) is 18.2. The standard InChI is InChI=1S/C24H37NO4/c1-24(2,23(26)25(3)27)16-9-5-8-12-19-20(22-14-13-21(19)29-22)15-17-28-18-10-6-4-7-11-18/h4,6-7,10-11,19-22,27H,5,8-9,12-17H2,1-3H3/t19-,20+,21-,22+/m1/s1. The first-order valence-corrected chi connectivity index (χ1v) is 11.2. The minimum atomic E-state index is -0.504. The Hall–Kier alpha value is -1.59. The van der Waals surface area contributed by atoms with Crippen LogP contribution in [0.15, 0.2) is 30.3 Å². The summed E-state index contributed by atoms with van der Waals surface area (Å²) in [7, 11) is 1.40. The van der Waals surface area contributed by atoms with E-state index >= 15 is 0 Å². The number of hydrogen-bond acceptors (Lipinski definition) is 4. The number of benzene rings is 1. The molecule has 2 aliphatic heterocycles. The third-order valence-electron chi connectivity index (χ3n) is 6.77. The van der Waals surface area contributed by atoms with Crippen LogP contribution in [0.1, 0.15) is 65.2 Å². The summed E-state index contributed by atoms with van der Waals surface area (Å²) in [5.41, 5.74) is -0.504. The van der Waals surface area contributed by atoms with Crippen LogP contribution in [-0.4, -0.2) is 42.0 Å². The van der Waals surface area contributed by atoms with Crippen LogP contribution in [0.2, 0.25) is 0 Å². The lowest BCUT2D eigenvalue weighted by atomic mass is 9.75. The maximum atomic E-state index is 12.0. The molecule has 0 spiro atoms. The Balaban J connectivity index is 1.39. The monoisotopic (exact) mass is 403 g/mol. The molecule has 0 saturated carbocycles. The van der Waals surface area contributed by atoms with Gasteiger partial charge in [-0.15, -0.1) is 0 Å². The first-order valence-electron chi connectivity index (χ1n) is 11.2. The first-order chi connectivity index (χ1) is 13.9. The van der Waals surface area contributed by atoms with Crippen molar-refractivity contribution >= 4 is 5.91 Å². The van der Waals surface area contributed by atoms with Crippen LogP contribution in [0.25, 0.3) is 0 Å². The molecule has 1 N–H and O–H groups in total. The predicted octanol–water partition coefficient (Wildman–Crippen LogP) is 5.07. The fraction of sp³-hybridized carbons (Fsp3) is 0.708. The van der Waals surface area contributed by atoms with E-state index in [1.165, 1.54) is 32.7 Å². The minimum absolute atomic E-state index is 0.211. The highest BCUT2D eigenvalue weighted by molar-refractivity contribution is 5.80. The number of amides is 1. The number of hydroxylamine groups is 2. The molecular formula is C24H37NO4. The zero-order chi connectivity index (χ0) is 20.9. The van der Waals surface area contributed by atoms with Crippen molar-refractivity contribution in [3.8, 4) is 5.75 Å². The van der Waals surface area contributed by atoms with Gasteiger partial charge in [0.05, 0.1) is 18.8 Å². The summed E-state index contributed by atoms with van der Waals surface area (Å²) in [6, 6.07) is 10.0. The average Bonchev–Trinajstić information content (AvgIpc) is 3.30. The molecule has 0 radical (unpaired) electrons. The number of hydrogen-bond donors (Lipinski definition) is 1. The van der Waals surface area contributed by atoms with Gasteiger partial charge in [0.1, 0.15) is 5.75 Å². The summed E-state index contributed by atoms with van der Waals surface area (Å²) in [5, 5.41) is 10.1. The van der Waals surface area contributed by atoms with E-state index in [0.29, 0.717) is 29.1 Å². The Morgan fingerprint density at radius 3 is 2.41 bits per heavy atom. The molecule has 2 aliphatic rings. The molecule has 1 amide bonds. The SMILES string of the molecule is CN(O)C(=O)C(C)(C)CCCCC[C@@H]1[C@H](CCOc2ccccc2)[C@@H]2CC[C@H]1O2. The summed E-state index contributed by atoms with van der Waals surface area (Å²) in [6.45, 7) is 4.58. The van der Waals surface area contributed by atoms with Gasteiger partial charge in [0, 0.05) is 12.5 Å². The Labute approximate surface area is 175 Å². The summed E-state index contributed by atoms with van der Waals surface area (Å²) in [6.07, 6.45) is 9.62. The molecule has 1 aromatic rings. The Morgan fingerprint density at radius 1 is 1.10 bits per heavy atom. The lowest BCUT2D eigenvalue weighted by Gasteiger charge is -2.28. The third kappa shape index (κ3) is 5.73. The van der Waals surface area contributed by atoms with Crippen LogP contribution in [0.4, 0.5) is 0 Å². The van der Waals surface area contributed by atoms with Crippen molar-refractivity contribution in [1.82, 2.24) is 5.06 Å². The predicted molar refractivity (Wildman–Crippen MR) is 113 cm³/mol. The second-order valence-electron chi connectivity index (χ2n) is 9.38. The van der Waals surface area contributed by atoms with Crippen LogP contribution in [0.5, 0.6) is 5.75 Å². The van der Waals surface area contributed by atoms with E-state index in [1.807, 2.05) is 44.2 Å². The van der Waals surface area contributed by atoms with Crippen molar-refractivity contribution in [1.29, 1.82) is 0 Å². The summed E-state index contributed by atoms with van der Waals surface area (Å²) in [5.74, 6) is 1.99. The molecule has 5 heteroatoms. The zero-order valence-electron chi connectivity index (χ0n) is 18.2. The third-order valence-corrected chi connectivity index (χ3v) is 6.77. The summed E-state index contributed by atoms with van der Waals surface area (Å²) < 4.78 is 12.2. The molecule has 5 nitrogen and oxygen atoms in total. The molecule has 162 valence electrons. The van der Waals surface area contributed by atoms with E-state index in [0.717, 1.165) is 38.0 Å². The molecule has 3 rings (SSSR count). The van der Waals surface area contributed by atoms with Crippen molar-refractivity contribution in [2.24, 2.45) is 17.3 Å². The van der Waals surface area contributed by atoms with E-state index < -0.39 is 5.41 Å². The normalized spacial score (nSPS) is 25.9. The Bertz CT molecular complexity index is 646. The van der Waals surface area contributed by atoms with Crippen molar-refractivity contribution < 1.29 is 19.5 Å². The number of ether oxygens (including phenoxy) is 2. The second kappa shape index (κ2) is 9.94. The van der Waals surface area contributed by atoms with Crippen molar-refractivity contribution in [3.05, 3.63) is 30.3 Å². The molecular weight excluding hydrogens is 366 g/mol. The first kappa shape index (κ1) is 22.1. The molecule has 0 aliphatic carbocycles. The molecule has 2 saturated heterocycles. The van der Waals surface area contributed by atoms with Crippen LogP contribution in [0, 0.1) is 17.3 Å². The van der Waals surface area contributed by atoms with Crippen molar-refractivity contribution in [2.75, 3.05) is 13.7 Å². The Kier molecular flexibility index (Phi) is 7.58. The lowest BCUT2D eigenvalue weighted by molar-refractivity contribution is -0.169. The number of unbranched alkanes of at least 4 members (excludes halogenated alkanes) is 2. The maximum Gasteiger partial charge on any atom is 0.251 e. The van der Waals surface area contributed by atoms with E-state index in [1.54, 1.807) is 0 Å². The minimum Gasteiger partial charge on any atom is -0.494 e. The van der Waals surface area contributed by atoms with Crippen molar-refractivity contribution in [3.63, 3.8) is 0 Å². The van der Waals surface area contributed by atoms with E-state index in [9.17, 15) is 10.0 Å². The molecule has 4 atom stereocenters. The van der Waals surface area contributed by atoms with Gasteiger partial charge < -0.3 is 9.47 Å². The largest absolute Gasteiger partial charge is 0.494 e. The molecule has 0 aromatic heterocycles. The van der Waals surface area contributed by atoms with E-state index in [4.69, 9.17) is 9.47 Å². The van der Waals surface area contributed by atoms with Crippen LogP contribution >= 0.6 is 0 Å². The summed E-state index contributed by atoms with van der Waals surface area (Å²) in [4.78, 5) is 12.0. The van der Waals surface area contributed by atoms with Gasteiger partial charge in [-0.2, -0.15) is 0 Å². The highest BCUT2D eigenvalue weighted by Crippen LogP contribution is 2.47. The number of para-hydroxylation sites is 1. The molecule has 2 fully saturated rings. The van der Waals surface area contributed by atoms with Crippen molar-refractivity contribution in [2.45, 2.75) is 77.4 Å². The van der Waals surface area contributed by atoms with E-state index in [-0.39, 0.29) is 5.91 Å². The number of rotatable bonds is 11. The maximum absolute atomic E-state index is 12.0. The van der Waals surface area contributed by atoms with Crippen LogP contribution < -0.4 is 4.74 Å². The topological polar surface area (TPSA) is 59.0 Å². The van der Waals surface area contributed by atoms with Gasteiger partial charge in [0.25, 0.3) is 5.91 Å². The fourth-order valence-electron chi connectivity index (χ4n) is 5.17. The number of carbonyl (C=O) groups is 1. The van der Waals surface area contributed by atoms with Gasteiger partial charge in [0.2, 0.25) is 0 Å². The Morgan fingerprint density at radius 2 is 1.76 bits per heavy atom. The van der Waals surface area contributed by atoms with Gasteiger partial charge in [-0.3, -0.25) is 10.0 Å². The molecule has 2 heterocycles. The van der Waals surface area contributed by atoms with Crippen LogP contribution in [0.3, 0.4) is 0 Å². The fourth-order valence-corrected chi connectivity index (χ4v) is 5.17. The average molecular weight is 404 g/mol. The van der Waals surface area contributed by atoms with Gasteiger partial charge in [-0.05, 0) is 56.1 Å². The van der Waals surface area contributed by atoms with Gasteiger partial charge in [-0.1, -0.05) is 51.3 Å². The quantitative estimate of drug-likeness (QED) is 0.318. The number of fused-ring (bicyclic) bond motifs is 2. The van der Waals surface area contributed by atoms with E-state index in [2.05, 4.69) is 0 Å². The number of nitrogens with zero attached hydrogens (tertiary/aromatic N) is 1. The van der Waals surface area contributed by atoms with Gasteiger partial charge >= 0.3 is 0 Å². The highest BCUT2D eigenvalue weighted by atomic mass is 16.5. The van der Waals surface area contributed by atoms with Gasteiger partial charge in [-0.25, -0.2) is 5.06 Å². The lowest BCUT2D eigenvalue weighted by Crippen LogP contribution is -2.36. The molecule has 29 heavy (non-hydrogen) atoms. The molecule has 0 unspecified atom stereocenters. The number of carbonyl (C=O) groups excluding carboxylic acids is 1. The molecule has 1 aromatic carbocycles. The van der Waals surface area contributed by atoms with Gasteiger partial charge in [0.15, 0.2) is 0 Å². The van der Waals surface area contributed by atoms with Crippen LogP contribution in [-0.2, 0) is 9.53 Å².